The molecule has 0 bridgehead atoms. The van der Waals surface area contributed by atoms with Crippen molar-refractivity contribution in [2.45, 2.75) is 45.6 Å². The van der Waals surface area contributed by atoms with Crippen LogP contribution < -0.4 is 5.32 Å². The normalized spacial score (nSPS) is 14.0. The van der Waals surface area contributed by atoms with Gasteiger partial charge in [0.2, 0.25) is 0 Å². The highest BCUT2D eigenvalue weighted by molar-refractivity contribution is 5.96. The summed E-state index contributed by atoms with van der Waals surface area (Å²) < 4.78 is 1.86. The fourth-order valence-electron chi connectivity index (χ4n) is 3.24. The molecule has 1 fully saturated rings. The summed E-state index contributed by atoms with van der Waals surface area (Å²) in [5.41, 5.74) is 5.46. The summed E-state index contributed by atoms with van der Waals surface area (Å²) in [7, 11) is 0. The van der Waals surface area contributed by atoms with Gasteiger partial charge in [-0.1, -0.05) is 43.7 Å². The van der Waals surface area contributed by atoms with E-state index >= 15 is 0 Å². The minimum atomic E-state index is -0.0326. The first kappa shape index (κ1) is 15.8. The van der Waals surface area contributed by atoms with Crippen LogP contribution in [0.4, 0.5) is 0 Å². The minimum absolute atomic E-state index is 0.0326. The molecule has 2 aromatic heterocycles. The molecule has 1 aliphatic rings. The van der Waals surface area contributed by atoms with E-state index in [4.69, 9.17) is 5.10 Å². The Morgan fingerprint density at radius 1 is 1.28 bits per heavy atom. The second kappa shape index (κ2) is 6.31. The molecule has 1 aliphatic carbocycles. The maximum Gasteiger partial charge on any atom is 0.254 e. The Morgan fingerprint density at radius 3 is 2.72 bits per heavy atom. The molecule has 0 saturated heterocycles. The van der Waals surface area contributed by atoms with Gasteiger partial charge < -0.3 is 5.32 Å². The van der Waals surface area contributed by atoms with E-state index in [9.17, 15) is 4.79 Å². The summed E-state index contributed by atoms with van der Waals surface area (Å²) in [4.78, 5) is 17.2. The Hall–Kier alpha value is -2.69. The Morgan fingerprint density at radius 2 is 2.04 bits per heavy atom. The molecule has 0 unspecified atom stereocenters. The minimum Gasteiger partial charge on any atom is -0.349 e. The van der Waals surface area contributed by atoms with Crippen LogP contribution in [-0.4, -0.2) is 26.5 Å². The summed E-state index contributed by atoms with van der Waals surface area (Å²) in [6, 6.07) is 10.5. The lowest BCUT2D eigenvalue weighted by Crippen LogP contribution is -2.27. The number of hydrogen-bond acceptors (Lipinski definition) is 3. The lowest BCUT2D eigenvalue weighted by Gasteiger charge is -2.11. The van der Waals surface area contributed by atoms with Crippen LogP contribution in [0.15, 0.2) is 36.5 Å². The van der Waals surface area contributed by atoms with Gasteiger partial charge in [0.1, 0.15) is 0 Å². The van der Waals surface area contributed by atoms with Gasteiger partial charge in [-0.25, -0.2) is 9.50 Å². The van der Waals surface area contributed by atoms with Gasteiger partial charge in [0.05, 0.1) is 17.0 Å². The van der Waals surface area contributed by atoms with Crippen molar-refractivity contribution in [3.63, 3.8) is 0 Å². The monoisotopic (exact) mass is 334 g/mol. The van der Waals surface area contributed by atoms with E-state index in [1.165, 1.54) is 0 Å². The summed E-state index contributed by atoms with van der Waals surface area (Å²) in [6.45, 7) is 4.11. The molecule has 0 atom stereocenters. The molecule has 4 rings (SSSR count). The zero-order chi connectivity index (χ0) is 17.4. The molecule has 0 aliphatic heterocycles. The topological polar surface area (TPSA) is 59.3 Å². The van der Waals surface area contributed by atoms with Gasteiger partial charge in [0.15, 0.2) is 5.65 Å². The van der Waals surface area contributed by atoms with E-state index in [0.29, 0.717) is 11.6 Å². The zero-order valence-electron chi connectivity index (χ0n) is 14.6. The Labute approximate surface area is 147 Å². The number of nitrogens with one attached hydrogen (secondary N) is 1. The second-order valence-corrected chi connectivity index (χ2v) is 6.68. The molecule has 3 aromatic rings. The van der Waals surface area contributed by atoms with Crippen molar-refractivity contribution in [3.05, 3.63) is 53.5 Å². The van der Waals surface area contributed by atoms with Crippen LogP contribution in [-0.2, 0) is 6.42 Å². The third-order valence-electron chi connectivity index (χ3n) is 4.63. The van der Waals surface area contributed by atoms with Gasteiger partial charge >= 0.3 is 0 Å². The van der Waals surface area contributed by atoms with Crippen LogP contribution >= 0.6 is 0 Å². The molecule has 1 N–H and O–H groups in total. The molecule has 5 heteroatoms. The van der Waals surface area contributed by atoms with E-state index in [-0.39, 0.29) is 5.91 Å². The number of hydrogen-bond donors (Lipinski definition) is 1. The summed E-state index contributed by atoms with van der Waals surface area (Å²) >= 11 is 0. The molecule has 1 amide bonds. The van der Waals surface area contributed by atoms with E-state index in [1.54, 1.807) is 6.20 Å². The Balaban J connectivity index is 1.87. The highest BCUT2D eigenvalue weighted by Gasteiger charge is 2.26. The van der Waals surface area contributed by atoms with Crippen molar-refractivity contribution < 1.29 is 4.79 Å². The van der Waals surface area contributed by atoms with E-state index < -0.39 is 0 Å². The first-order valence-corrected chi connectivity index (χ1v) is 8.92. The van der Waals surface area contributed by atoms with Gasteiger partial charge in [-0.3, -0.25) is 4.79 Å². The van der Waals surface area contributed by atoms with Gasteiger partial charge in [-0.2, -0.15) is 5.10 Å². The Kier molecular flexibility index (Phi) is 3.99. The third-order valence-corrected chi connectivity index (χ3v) is 4.63. The molecular weight excluding hydrogens is 312 g/mol. The smallest absolute Gasteiger partial charge is 0.254 e. The average Bonchev–Trinajstić information content (AvgIpc) is 3.36. The number of carbonyl (C=O) groups excluding carboxylic acids is 1. The van der Waals surface area contributed by atoms with Gasteiger partial charge in [-0.15, -0.1) is 0 Å². The number of fused-ring (bicyclic) bond motifs is 1. The molecule has 0 radical (unpaired) electrons. The number of aromatic nitrogens is 3. The van der Waals surface area contributed by atoms with Gasteiger partial charge in [0.25, 0.3) is 5.91 Å². The van der Waals surface area contributed by atoms with Crippen molar-refractivity contribution in [1.29, 1.82) is 0 Å². The largest absolute Gasteiger partial charge is 0.349 e. The third kappa shape index (κ3) is 2.90. The van der Waals surface area contributed by atoms with Crippen LogP contribution in [0, 0.1) is 6.92 Å². The maximum absolute atomic E-state index is 12.6. The quantitative estimate of drug-likeness (QED) is 0.776. The summed E-state index contributed by atoms with van der Waals surface area (Å²) in [5.74, 6) is -0.0326. The first-order chi connectivity index (χ1) is 12.2. The highest BCUT2D eigenvalue weighted by Crippen LogP contribution is 2.28. The fourth-order valence-corrected chi connectivity index (χ4v) is 3.24. The second-order valence-electron chi connectivity index (χ2n) is 6.68. The highest BCUT2D eigenvalue weighted by atomic mass is 16.1. The van der Waals surface area contributed by atoms with Crippen molar-refractivity contribution >= 4 is 11.6 Å². The molecule has 128 valence electrons. The van der Waals surface area contributed by atoms with Crippen molar-refractivity contribution in [3.8, 4) is 11.1 Å². The van der Waals surface area contributed by atoms with Crippen LogP contribution in [0.25, 0.3) is 16.8 Å². The molecule has 1 saturated carbocycles. The van der Waals surface area contributed by atoms with Gasteiger partial charge in [-0.05, 0) is 31.7 Å². The molecular formula is C20H22N4O. The first-order valence-electron chi connectivity index (χ1n) is 8.92. The van der Waals surface area contributed by atoms with Crippen molar-refractivity contribution in [1.82, 2.24) is 19.9 Å². The number of benzene rings is 1. The van der Waals surface area contributed by atoms with Crippen molar-refractivity contribution in [2.24, 2.45) is 0 Å². The van der Waals surface area contributed by atoms with Crippen LogP contribution in [0.2, 0.25) is 0 Å². The van der Waals surface area contributed by atoms with Gasteiger partial charge in [0, 0.05) is 17.8 Å². The molecule has 0 spiro atoms. The standard InChI is InChI=1S/C20H22N4O/c1-3-7-17-16(20(25)22-15-10-11-15)12-21-19-18(13(2)23-24(17)19)14-8-5-4-6-9-14/h4-6,8-9,12,15H,3,7,10-11H2,1-2H3,(H,22,25). The van der Waals surface area contributed by atoms with E-state index in [0.717, 1.165) is 53.8 Å². The SMILES string of the molecule is CCCc1c(C(=O)NC2CC2)cnc2c(-c3ccccc3)c(C)nn12. The predicted molar refractivity (Wildman–Crippen MR) is 97.6 cm³/mol. The average molecular weight is 334 g/mol. The van der Waals surface area contributed by atoms with Crippen LogP contribution in [0.5, 0.6) is 0 Å². The zero-order valence-corrected chi connectivity index (χ0v) is 14.6. The summed E-state index contributed by atoms with van der Waals surface area (Å²) in [5, 5.41) is 7.79. The Bertz CT molecular complexity index is 926. The lowest BCUT2D eigenvalue weighted by molar-refractivity contribution is 0.0949. The maximum atomic E-state index is 12.6. The van der Waals surface area contributed by atoms with Crippen molar-refractivity contribution in [2.75, 3.05) is 0 Å². The van der Waals surface area contributed by atoms with E-state index in [2.05, 4.69) is 29.4 Å². The number of amides is 1. The molecule has 5 nitrogen and oxygen atoms in total. The fraction of sp³-hybridized carbons (Fsp3) is 0.350. The molecule has 25 heavy (non-hydrogen) atoms. The number of nitrogens with zero attached hydrogens (tertiary/aromatic N) is 3. The lowest BCUT2D eigenvalue weighted by atomic mass is 10.1. The molecule has 1 aromatic carbocycles. The number of rotatable bonds is 5. The summed E-state index contributed by atoms with van der Waals surface area (Å²) in [6.07, 6.45) is 5.60. The predicted octanol–water partition coefficient (Wildman–Crippen LogP) is 3.55. The van der Waals surface area contributed by atoms with E-state index in [1.807, 2.05) is 29.6 Å². The number of aryl methyl sites for hydroxylation is 2. The van der Waals surface area contributed by atoms with Crippen LogP contribution in [0.1, 0.15) is 47.9 Å². The van der Waals surface area contributed by atoms with Crippen LogP contribution in [0.3, 0.4) is 0 Å². The number of carbonyl (C=O) groups is 1. The molecule has 2 heterocycles.